The van der Waals surface area contributed by atoms with E-state index < -0.39 is 11.9 Å². The van der Waals surface area contributed by atoms with E-state index in [1.165, 1.54) is 7.11 Å². The molecule has 0 aliphatic rings. The van der Waals surface area contributed by atoms with Crippen LogP contribution in [-0.4, -0.2) is 30.2 Å². The van der Waals surface area contributed by atoms with Crippen molar-refractivity contribution < 1.29 is 19.1 Å². The Balaban J connectivity index is 1.93. The molecule has 2 aromatic rings. The van der Waals surface area contributed by atoms with Crippen LogP contribution in [0.4, 0.5) is 5.69 Å². The number of esters is 1. The lowest BCUT2D eigenvalue weighted by atomic mass is 10.3. The summed E-state index contributed by atoms with van der Waals surface area (Å²) >= 11 is 3.27. The maximum Gasteiger partial charge on any atom is 0.355 e. The molecule has 2 rings (SSSR count). The molecule has 22 heavy (non-hydrogen) atoms. The van der Waals surface area contributed by atoms with Crippen molar-refractivity contribution in [2.75, 3.05) is 19.0 Å². The van der Waals surface area contributed by atoms with Crippen LogP contribution in [0.5, 0.6) is 5.75 Å². The molecule has 1 aromatic carbocycles. The second kappa shape index (κ2) is 7.13. The number of hydrogen-bond donors (Lipinski definition) is 1. The SMILES string of the molecule is COc1ccccc1NC(=O)COC(=O)c1cc(Br)cn1C. The number of benzene rings is 1. The van der Waals surface area contributed by atoms with Crippen molar-refractivity contribution >= 4 is 33.5 Å². The lowest BCUT2D eigenvalue weighted by Crippen LogP contribution is -2.22. The number of nitrogens with one attached hydrogen (secondary N) is 1. The molecule has 0 atom stereocenters. The molecule has 0 aliphatic carbocycles. The van der Waals surface area contributed by atoms with Crippen molar-refractivity contribution in [1.29, 1.82) is 0 Å². The van der Waals surface area contributed by atoms with Crippen LogP contribution in [-0.2, 0) is 16.6 Å². The fourth-order valence-corrected chi connectivity index (χ4v) is 2.39. The number of aromatic nitrogens is 1. The first kappa shape index (κ1) is 16.1. The average Bonchev–Trinajstić information content (AvgIpc) is 2.84. The van der Waals surface area contributed by atoms with Gasteiger partial charge in [0.05, 0.1) is 12.8 Å². The highest BCUT2D eigenvalue weighted by Gasteiger charge is 2.15. The zero-order chi connectivity index (χ0) is 16.1. The first-order valence-corrected chi connectivity index (χ1v) is 7.22. The number of amides is 1. The van der Waals surface area contributed by atoms with Crippen molar-refractivity contribution in [1.82, 2.24) is 4.57 Å². The zero-order valence-electron chi connectivity index (χ0n) is 12.1. The normalized spacial score (nSPS) is 10.1. The third-order valence-electron chi connectivity index (χ3n) is 2.90. The Morgan fingerprint density at radius 2 is 2.05 bits per heavy atom. The largest absolute Gasteiger partial charge is 0.495 e. The molecule has 7 heteroatoms. The van der Waals surface area contributed by atoms with Crippen molar-refractivity contribution in [3.8, 4) is 5.75 Å². The number of rotatable bonds is 5. The van der Waals surface area contributed by atoms with Gasteiger partial charge >= 0.3 is 5.97 Å². The van der Waals surface area contributed by atoms with E-state index >= 15 is 0 Å². The fourth-order valence-electron chi connectivity index (χ4n) is 1.87. The van der Waals surface area contributed by atoms with Gasteiger partial charge in [-0.2, -0.15) is 0 Å². The quantitative estimate of drug-likeness (QED) is 0.825. The Kier molecular flexibility index (Phi) is 5.21. The second-order valence-electron chi connectivity index (χ2n) is 4.48. The Bertz CT molecular complexity index is 697. The van der Waals surface area contributed by atoms with Gasteiger partial charge in [0, 0.05) is 17.7 Å². The molecule has 0 spiro atoms. The number of aryl methyl sites for hydroxylation is 1. The minimum Gasteiger partial charge on any atom is -0.495 e. The summed E-state index contributed by atoms with van der Waals surface area (Å²) in [6.07, 6.45) is 1.73. The molecular weight excluding hydrogens is 352 g/mol. The molecule has 0 bridgehead atoms. The third kappa shape index (κ3) is 3.88. The summed E-state index contributed by atoms with van der Waals surface area (Å²) in [4.78, 5) is 23.7. The molecular formula is C15H15BrN2O4. The van der Waals surface area contributed by atoms with Gasteiger partial charge in [-0.15, -0.1) is 0 Å². The minimum absolute atomic E-state index is 0.358. The van der Waals surface area contributed by atoms with Gasteiger partial charge in [0.1, 0.15) is 11.4 Å². The van der Waals surface area contributed by atoms with Crippen LogP contribution in [0.15, 0.2) is 41.0 Å². The number of carbonyl (C=O) groups excluding carboxylic acids is 2. The van der Waals surface area contributed by atoms with E-state index in [0.717, 1.165) is 4.47 Å². The molecule has 1 aromatic heterocycles. The van der Waals surface area contributed by atoms with Crippen LogP contribution in [0.2, 0.25) is 0 Å². The van der Waals surface area contributed by atoms with Crippen LogP contribution in [0.1, 0.15) is 10.5 Å². The molecule has 1 heterocycles. The van der Waals surface area contributed by atoms with E-state index in [1.807, 2.05) is 0 Å². The van der Waals surface area contributed by atoms with E-state index in [4.69, 9.17) is 9.47 Å². The molecule has 1 N–H and O–H groups in total. The molecule has 0 radical (unpaired) electrons. The molecule has 116 valence electrons. The van der Waals surface area contributed by atoms with Crippen molar-refractivity contribution in [2.45, 2.75) is 0 Å². The lowest BCUT2D eigenvalue weighted by Gasteiger charge is -2.10. The monoisotopic (exact) mass is 366 g/mol. The number of ether oxygens (including phenoxy) is 2. The van der Waals surface area contributed by atoms with E-state index in [2.05, 4.69) is 21.2 Å². The van der Waals surface area contributed by atoms with Gasteiger partial charge < -0.3 is 19.4 Å². The fraction of sp³-hybridized carbons (Fsp3) is 0.200. The van der Waals surface area contributed by atoms with Gasteiger partial charge in [0.25, 0.3) is 5.91 Å². The highest BCUT2D eigenvalue weighted by Crippen LogP contribution is 2.22. The van der Waals surface area contributed by atoms with Gasteiger partial charge in [-0.1, -0.05) is 12.1 Å². The zero-order valence-corrected chi connectivity index (χ0v) is 13.7. The summed E-state index contributed by atoms with van der Waals surface area (Å²) in [5, 5.41) is 2.63. The molecule has 0 saturated heterocycles. The highest BCUT2D eigenvalue weighted by atomic mass is 79.9. The van der Waals surface area contributed by atoms with Crippen LogP contribution in [0.3, 0.4) is 0 Å². The predicted octanol–water partition coefficient (Wildman–Crippen LogP) is 2.59. The van der Waals surface area contributed by atoms with E-state index in [0.29, 0.717) is 17.1 Å². The number of halogens is 1. The number of para-hydroxylation sites is 2. The van der Waals surface area contributed by atoms with Crippen LogP contribution in [0.25, 0.3) is 0 Å². The minimum atomic E-state index is -0.566. The van der Waals surface area contributed by atoms with Crippen molar-refractivity contribution in [2.24, 2.45) is 7.05 Å². The summed E-state index contributed by atoms with van der Waals surface area (Å²) in [6, 6.07) is 8.61. The third-order valence-corrected chi connectivity index (χ3v) is 3.33. The van der Waals surface area contributed by atoms with Gasteiger partial charge in [-0.3, -0.25) is 4.79 Å². The second-order valence-corrected chi connectivity index (χ2v) is 5.39. The van der Waals surface area contributed by atoms with Crippen LogP contribution in [0, 0.1) is 0 Å². The average molecular weight is 367 g/mol. The Morgan fingerprint density at radius 3 is 2.68 bits per heavy atom. The number of carbonyl (C=O) groups is 2. The molecule has 1 amide bonds. The van der Waals surface area contributed by atoms with Gasteiger partial charge in [-0.25, -0.2) is 4.79 Å². The topological polar surface area (TPSA) is 69.6 Å². The number of methoxy groups -OCH3 is 1. The van der Waals surface area contributed by atoms with Gasteiger partial charge in [-0.05, 0) is 34.1 Å². The lowest BCUT2D eigenvalue weighted by molar-refractivity contribution is -0.119. The first-order chi connectivity index (χ1) is 10.5. The molecule has 6 nitrogen and oxygen atoms in total. The smallest absolute Gasteiger partial charge is 0.355 e. The summed E-state index contributed by atoms with van der Waals surface area (Å²) in [5.41, 5.74) is 0.879. The van der Waals surface area contributed by atoms with Gasteiger partial charge in [0.15, 0.2) is 6.61 Å². The highest BCUT2D eigenvalue weighted by molar-refractivity contribution is 9.10. The van der Waals surface area contributed by atoms with E-state index in [1.54, 1.807) is 48.1 Å². The molecule has 0 unspecified atom stereocenters. The molecule has 0 aliphatic heterocycles. The summed E-state index contributed by atoms with van der Waals surface area (Å²) in [5.74, 6) is -0.469. The summed E-state index contributed by atoms with van der Waals surface area (Å²) < 4.78 is 12.5. The summed E-state index contributed by atoms with van der Waals surface area (Å²) in [6.45, 7) is -0.375. The molecule has 0 fully saturated rings. The predicted molar refractivity (Wildman–Crippen MR) is 85.0 cm³/mol. The molecule has 0 saturated carbocycles. The van der Waals surface area contributed by atoms with Gasteiger partial charge in [0.2, 0.25) is 0 Å². The van der Waals surface area contributed by atoms with Crippen molar-refractivity contribution in [3.05, 3.63) is 46.7 Å². The van der Waals surface area contributed by atoms with Crippen LogP contribution < -0.4 is 10.1 Å². The maximum atomic E-state index is 11.9. The Morgan fingerprint density at radius 1 is 1.32 bits per heavy atom. The first-order valence-electron chi connectivity index (χ1n) is 6.43. The Hall–Kier alpha value is -2.28. The maximum absolute atomic E-state index is 11.9. The Labute approximate surface area is 136 Å². The van der Waals surface area contributed by atoms with Crippen LogP contribution >= 0.6 is 15.9 Å². The number of anilines is 1. The number of hydrogen-bond acceptors (Lipinski definition) is 4. The van der Waals surface area contributed by atoms with Crippen molar-refractivity contribution in [3.63, 3.8) is 0 Å². The van der Waals surface area contributed by atoms with E-state index in [9.17, 15) is 9.59 Å². The van der Waals surface area contributed by atoms with E-state index in [-0.39, 0.29) is 6.61 Å². The number of nitrogens with zero attached hydrogens (tertiary/aromatic N) is 1. The standard InChI is InChI=1S/C15H15BrN2O4/c1-18-8-10(16)7-12(18)15(20)22-9-14(19)17-11-5-3-4-6-13(11)21-2/h3-8H,9H2,1-2H3,(H,17,19). The summed E-state index contributed by atoms with van der Waals surface area (Å²) in [7, 11) is 3.23.